The van der Waals surface area contributed by atoms with Crippen LogP contribution < -0.4 is 0 Å². The van der Waals surface area contributed by atoms with E-state index in [0.29, 0.717) is 10.6 Å². The topological polar surface area (TPSA) is 50.2 Å². The molecule has 20 heavy (non-hydrogen) atoms. The fourth-order valence-corrected chi connectivity index (χ4v) is 2.35. The Balaban J connectivity index is 2.49. The number of halogens is 4. The first-order valence-electron chi connectivity index (χ1n) is 5.40. The van der Waals surface area contributed by atoms with Crippen LogP contribution >= 0.6 is 34.8 Å². The number of carboxylic acid groups (broad SMARTS) is 1. The van der Waals surface area contributed by atoms with Gasteiger partial charge in [-0.15, -0.1) is 0 Å². The Labute approximate surface area is 128 Å². The SMILES string of the molecule is O=C(O)Cc1ccc(-c2cc(Cl)cc(Cl)c2Cl)nc1F. The number of carboxylic acids is 1. The standard InChI is InChI=1S/C13H7Cl3FNO2/c14-7-4-8(12(16)9(15)5-7)10-2-1-6(3-11(19)20)13(17)18-10/h1-2,4-5H,3H2,(H,19,20). The van der Waals surface area contributed by atoms with Crippen LogP contribution in [-0.2, 0) is 11.2 Å². The van der Waals surface area contributed by atoms with Gasteiger partial charge in [0.1, 0.15) is 0 Å². The van der Waals surface area contributed by atoms with Gasteiger partial charge in [-0.25, -0.2) is 4.98 Å². The van der Waals surface area contributed by atoms with Gasteiger partial charge in [-0.05, 0) is 18.2 Å². The van der Waals surface area contributed by atoms with E-state index in [1.807, 2.05) is 0 Å². The van der Waals surface area contributed by atoms with Crippen LogP contribution in [0.2, 0.25) is 15.1 Å². The molecule has 104 valence electrons. The molecule has 1 N–H and O–H groups in total. The first-order valence-corrected chi connectivity index (χ1v) is 6.54. The summed E-state index contributed by atoms with van der Waals surface area (Å²) < 4.78 is 13.7. The molecule has 0 atom stereocenters. The summed E-state index contributed by atoms with van der Waals surface area (Å²) in [5.41, 5.74) is 0.599. The number of nitrogens with zero attached hydrogens (tertiary/aromatic N) is 1. The lowest BCUT2D eigenvalue weighted by Gasteiger charge is -2.08. The molecule has 3 nitrogen and oxygen atoms in total. The summed E-state index contributed by atoms with van der Waals surface area (Å²) in [6.45, 7) is 0. The lowest BCUT2D eigenvalue weighted by molar-refractivity contribution is -0.136. The molecule has 0 amide bonds. The fourth-order valence-electron chi connectivity index (χ4n) is 1.65. The molecule has 1 aromatic carbocycles. The average molecular weight is 335 g/mol. The lowest BCUT2D eigenvalue weighted by atomic mass is 10.1. The van der Waals surface area contributed by atoms with Gasteiger partial charge in [0.15, 0.2) is 0 Å². The molecule has 7 heteroatoms. The molecule has 0 saturated carbocycles. The van der Waals surface area contributed by atoms with E-state index < -0.39 is 18.3 Å². The molecule has 0 aliphatic carbocycles. The molecule has 0 aliphatic rings. The summed E-state index contributed by atoms with van der Waals surface area (Å²) in [5, 5.41) is 9.41. The molecule has 1 aromatic heterocycles. The molecule has 2 aromatic rings. The second kappa shape index (κ2) is 5.95. The minimum absolute atomic E-state index is 0.00880. The van der Waals surface area contributed by atoms with Crippen LogP contribution in [0, 0.1) is 5.95 Å². The Kier molecular flexibility index (Phi) is 4.48. The number of aliphatic carboxylic acids is 1. The maximum Gasteiger partial charge on any atom is 0.307 e. The number of pyridine rings is 1. The van der Waals surface area contributed by atoms with Crippen LogP contribution in [0.5, 0.6) is 0 Å². The number of hydrogen-bond donors (Lipinski definition) is 1. The molecular weight excluding hydrogens is 328 g/mol. The monoisotopic (exact) mass is 333 g/mol. The Morgan fingerprint density at radius 2 is 1.95 bits per heavy atom. The van der Waals surface area contributed by atoms with Gasteiger partial charge in [-0.3, -0.25) is 4.79 Å². The first kappa shape index (κ1) is 15.0. The van der Waals surface area contributed by atoms with Crippen LogP contribution in [0.25, 0.3) is 11.3 Å². The van der Waals surface area contributed by atoms with Gasteiger partial charge in [-0.2, -0.15) is 4.39 Å². The van der Waals surface area contributed by atoms with Crippen LogP contribution in [0.15, 0.2) is 24.3 Å². The van der Waals surface area contributed by atoms with Crippen molar-refractivity contribution in [3.63, 3.8) is 0 Å². The highest BCUT2D eigenvalue weighted by molar-refractivity contribution is 6.45. The third-order valence-corrected chi connectivity index (χ3v) is 3.56. The van der Waals surface area contributed by atoms with Gasteiger partial charge in [0.05, 0.1) is 22.2 Å². The van der Waals surface area contributed by atoms with Crippen molar-refractivity contribution in [1.29, 1.82) is 0 Å². The largest absolute Gasteiger partial charge is 0.481 e. The summed E-state index contributed by atoms with van der Waals surface area (Å²) in [7, 11) is 0. The van der Waals surface area contributed by atoms with E-state index in [1.165, 1.54) is 24.3 Å². The quantitative estimate of drug-likeness (QED) is 0.665. The minimum atomic E-state index is -1.14. The van der Waals surface area contributed by atoms with E-state index in [-0.39, 0.29) is 21.3 Å². The zero-order valence-electron chi connectivity index (χ0n) is 9.83. The highest BCUT2D eigenvalue weighted by atomic mass is 35.5. The molecule has 0 aliphatic heterocycles. The number of hydrogen-bond acceptors (Lipinski definition) is 2. The second-order valence-electron chi connectivity index (χ2n) is 3.97. The van der Waals surface area contributed by atoms with E-state index in [4.69, 9.17) is 39.9 Å². The second-order valence-corrected chi connectivity index (χ2v) is 5.19. The van der Waals surface area contributed by atoms with Crippen molar-refractivity contribution in [1.82, 2.24) is 4.98 Å². The van der Waals surface area contributed by atoms with Crippen LogP contribution in [0.1, 0.15) is 5.56 Å². The third kappa shape index (κ3) is 3.20. The van der Waals surface area contributed by atoms with Gasteiger partial charge in [0.2, 0.25) is 5.95 Å². The average Bonchev–Trinajstić information content (AvgIpc) is 2.36. The van der Waals surface area contributed by atoms with Crippen molar-refractivity contribution >= 4 is 40.8 Å². The Morgan fingerprint density at radius 3 is 2.55 bits per heavy atom. The summed E-state index contributed by atoms with van der Waals surface area (Å²) in [5.74, 6) is -2.00. The highest BCUT2D eigenvalue weighted by Gasteiger charge is 2.14. The predicted octanol–water partition coefficient (Wildman–Crippen LogP) is 4.48. The molecule has 0 saturated heterocycles. The smallest absolute Gasteiger partial charge is 0.307 e. The minimum Gasteiger partial charge on any atom is -0.481 e. The summed E-state index contributed by atoms with van der Waals surface area (Å²) in [6, 6.07) is 5.78. The van der Waals surface area contributed by atoms with Gasteiger partial charge in [0, 0.05) is 16.1 Å². The zero-order chi connectivity index (χ0) is 14.9. The molecule has 0 radical (unpaired) electrons. The number of aromatic nitrogens is 1. The van der Waals surface area contributed by atoms with Crippen LogP contribution in [-0.4, -0.2) is 16.1 Å². The van der Waals surface area contributed by atoms with E-state index in [1.54, 1.807) is 0 Å². The van der Waals surface area contributed by atoms with Crippen molar-refractivity contribution in [3.05, 3.63) is 50.8 Å². The number of benzene rings is 1. The molecule has 0 unspecified atom stereocenters. The highest BCUT2D eigenvalue weighted by Crippen LogP contribution is 2.35. The van der Waals surface area contributed by atoms with Gasteiger partial charge >= 0.3 is 5.97 Å². The predicted molar refractivity (Wildman–Crippen MR) is 76.0 cm³/mol. The lowest BCUT2D eigenvalue weighted by Crippen LogP contribution is -2.04. The maximum atomic E-state index is 13.7. The van der Waals surface area contributed by atoms with Gasteiger partial charge in [-0.1, -0.05) is 40.9 Å². The van der Waals surface area contributed by atoms with Gasteiger partial charge in [0.25, 0.3) is 0 Å². The Hall–Kier alpha value is -1.36. The van der Waals surface area contributed by atoms with E-state index in [2.05, 4.69) is 4.98 Å². The van der Waals surface area contributed by atoms with Crippen molar-refractivity contribution in [2.75, 3.05) is 0 Å². The van der Waals surface area contributed by atoms with Crippen molar-refractivity contribution in [3.8, 4) is 11.3 Å². The number of rotatable bonds is 3. The van der Waals surface area contributed by atoms with E-state index >= 15 is 0 Å². The Bertz CT molecular complexity index is 692. The molecule has 0 spiro atoms. The van der Waals surface area contributed by atoms with Gasteiger partial charge < -0.3 is 5.11 Å². The molecular formula is C13H7Cl3FNO2. The van der Waals surface area contributed by atoms with Crippen LogP contribution in [0.4, 0.5) is 4.39 Å². The van der Waals surface area contributed by atoms with E-state index in [0.717, 1.165) is 0 Å². The zero-order valence-corrected chi connectivity index (χ0v) is 12.1. The molecule has 0 fully saturated rings. The molecule has 2 rings (SSSR count). The maximum absolute atomic E-state index is 13.7. The third-order valence-electron chi connectivity index (χ3n) is 2.54. The normalized spacial score (nSPS) is 10.6. The number of carbonyl (C=O) groups is 1. The van der Waals surface area contributed by atoms with Crippen molar-refractivity contribution < 1.29 is 14.3 Å². The molecule has 0 bridgehead atoms. The fraction of sp³-hybridized carbons (Fsp3) is 0.0769. The molecule has 1 heterocycles. The Morgan fingerprint density at radius 1 is 1.25 bits per heavy atom. The van der Waals surface area contributed by atoms with Crippen molar-refractivity contribution in [2.45, 2.75) is 6.42 Å². The first-order chi connectivity index (χ1) is 9.38. The summed E-state index contributed by atoms with van der Waals surface area (Å²) in [6.07, 6.45) is -0.441. The van der Waals surface area contributed by atoms with Crippen LogP contribution in [0.3, 0.4) is 0 Å². The van der Waals surface area contributed by atoms with Crippen molar-refractivity contribution in [2.24, 2.45) is 0 Å². The summed E-state index contributed by atoms with van der Waals surface area (Å²) in [4.78, 5) is 14.3. The van der Waals surface area contributed by atoms with E-state index in [9.17, 15) is 9.18 Å². The summed E-state index contributed by atoms with van der Waals surface area (Å²) >= 11 is 17.8.